The van der Waals surface area contributed by atoms with Gasteiger partial charge < -0.3 is 13.3 Å². The zero-order chi connectivity index (χ0) is 28.1. The van der Waals surface area contributed by atoms with E-state index in [0.717, 1.165) is 60.4 Å². The standard InChI is InChI=1S/C40H22O3/c1-3-10-30-28(8-1)39(24-14-16-35-32(19-24)26-7-5-6-12-34(26)42-35)29-9-2-4-11-31(29)40(30)25-13-15-27-33-22-36-23(17-18-41-36)20-38(33)43-37(27)21-25/h1-22H. The van der Waals surface area contributed by atoms with Crippen LogP contribution >= 0.6 is 0 Å². The van der Waals surface area contributed by atoms with Crippen molar-refractivity contribution in [3.63, 3.8) is 0 Å². The lowest BCUT2D eigenvalue weighted by molar-refractivity contribution is 0.616. The Hall–Kier alpha value is -5.80. The molecule has 3 heterocycles. The van der Waals surface area contributed by atoms with Gasteiger partial charge in [-0.15, -0.1) is 0 Å². The first kappa shape index (κ1) is 22.8. The molecule has 0 aliphatic carbocycles. The molecule has 200 valence electrons. The van der Waals surface area contributed by atoms with Crippen molar-refractivity contribution in [3.05, 3.63) is 134 Å². The first-order valence-corrected chi connectivity index (χ1v) is 14.5. The highest BCUT2D eigenvalue weighted by Crippen LogP contribution is 2.45. The van der Waals surface area contributed by atoms with Gasteiger partial charge in [0, 0.05) is 26.9 Å². The summed E-state index contributed by atoms with van der Waals surface area (Å²) >= 11 is 0. The van der Waals surface area contributed by atoms with Crippen LogP contribution in [0.1, 0.15) is 0 Å². The van der Waals surface area contributed by atoms with Crippen molar-refractivity contribution in [2.24, 2.45) is 0 Å². The van der Waals surface area contributed by atoms with Gasteiger partial charge >= 0.3 is 0 Å². The SMILES string of the molecule is c1ccc2c(c1)oc1ccc(-c3c4ccccc4c(-c4ccc5c(c4)oc4cc6ccoc6cc45)c4ccccc34)cc12. The van der Waals surface area contributed by atoms with Crippen molar-refractivity contribution in [1.82, 2.24) is 0 Å². The summed E-state index contributed by atoms with van der Waals surface area (Å²) in [4.78, 5) is 0. The third-order valence-corrected chi connectivity index (χ3v) is 8.93. The summed E-state index contributed by atoms with van der Waals surface area (Å²) in [6.45, 7) is 0. The van der Waals surface area contributed by atoms with Crippen molar-refractivity contribution in [1.29, 1.82) is 0 Å². The van der Waals surface area contributed by atoms with Gasteiger partial charge in [-0.2, -0.15) is 0 Å². The van der Waals surface area contributed by atoms with Crippen LogP contribution < -0.4 is 0 Å². The second-order valence-corrected chi connectivity index (χ2v) is 11.3. The number of fused-ring (bicyclic) bond motifs is 9. The lowest BCUT2D eigenvalue weighted by Crippen LogP contribution is -1.90. The molecule has 0 atom stereocenters. The van der Waals surface area contributed by atoms with Gasteiger partial charge in [-0.25, -0.2) is 0 Å². The molecule has 0 spiro atoms. The Morgan fingerprint density at radius 2 is 0.860 bits per heavy atom. The third kappa shape index (κ3) is 3.19. The first-order chi connectivity index (χ1) is 21.3. The van der Waals surface area contributed by atoms with Crippen LogP contribution in [0.5, 0.6) is 0 Å². The third-order valence-electron chi connectivity index (χ3n) is 8.93. The Morgan fingerprint density at radius 1 is 0.326 bits per heavy atom. The summed E-state index contributed by atoms with van der Waals surface area (Å²) in [7, 11) is 0. The van der Waals surface area contributed by atoms with E-state index in [0.29, 0.717) is 0 Å². The van der Waals surface area contributed by atoms with Gasteiger partial charge in [0.2, 0.25) is 0 Å². The summed E-state index contributed by atoms with van der Waals surface area (Å²) in [5.74, 6) is 0. The summed E-state index contributed by atoms with van der Waals surface area (Å²) in [5, 5.41) is 10.3. The Bertz CT molecular complexity index is 2680. The molecule has 0 amide bonds. The van der Waals surface area contributed by atoms with Crippen molar-refractivity contribution >= 4 is 76.4 Å². The number of rotatable bonds is 2. The molecule has 0 fully saturated rings. The van der Waals surface area contributed by atoms with Crippen molar-refractivity contribution in [3.8, 4) is 22.3 Å². The van der Waals surface area contributed by atoms with Gasteiger partial charge in [-0.1, -0.05) is 78.9 Å². The van der Waals surface area contributed by atoms with Crippen molar-refractivity contribution in [2.45, 2.75) is 0 Å². The summed E-state index contributed by atoms with van der Waals surface area (Å²) in [6.07, 6.45) is 1.72. The summed E-state index contributed by atoms with van der Waals surface area (Å²) in [6, 6.07) is 45.0. The molecule has 0 unspecified atom stereocenters. The molecular formula is C40H22O3. The molecule has 43 heavy (non-hydrogen) atoms. The molecule has 0 saturated carbocycles. The van der Waals surface area contributed by atoms with Gasteiger partial charge in [-0.3, -0.25) is 0 Å². The van der Waals surface area contributed by atoms with E-state index >= 15 is 0 Å². The average Bonchev–Trinajstić information content (AvgIpc) is 3.76. The quantitative estimate of drug-likeness (QED) is 0.201. The highest BCUT2D eigenvalue weighted by Gasteiger charge is 2.19. The lowest BCUT2D eigenvalue weighted by atomic mass is 9.85. The molecule has 0 N–H and O–H groups in total. The fourth-order valence-electron chi connectivity index (χ4n) is 7.02. The molecule has 3 nitrogen and oxygen atoms in total. The zero-order valence-corrected chi connectivity index (χ0v) is 22.9. The maximum Gasteiger partial charge on any atom is 0.136 e. The molecule has 0 radical (unpaired) electrons. The molecule has 10 rings (SSSR count). The molecule has 0 aliphatic heterocycles. The number of hydrogen-bond donors (Lipinski definition) is 0. The predicted molar refractivity (Wildman–Crippen MR) is 177 cm³/mol. The fraction of sp³-hybridized carbons (Fsp3) is 0. The van der Waals surface area contributed by atoms with E-state index < -0.39 is 0 Å². The van der Waals surface area contributed by atoms with Crippen LogP contribution in [0, 0.1) is 0 Å². The molecule has 7 aromatic carbocycles. The number of furan rings is 3. The first-order valence-electron chi connectivity index (χ1n) is 14.5. The topological polar surface area (TPSA) is 39.4 Å². The largest absolute Gasteiger partial charge is 0.464 e. The molecule has 3 heteroatoms. The Kier molecular flexibility index (Phi) is 4.45. The smallest absolute Gasteiger partial charge is 0.136 e. The van der Waals surface area contributed by atoms with Crippen LogP contribution in [0.2, 0.25) is 0 Å². The summed E-state index contributed by atoms with van der Waals surface area (Å²) in [5.41, 5.74) is 9.17. The maximum atomic E-state index is 6.43. The van der Waals surface area contributed by atoms with Crippen LogP contribution in [0.3, 0.4) is 0 Å². The monoisotopic (exact) mass is 550 g/mol. The van der Waals surface area contributed by atoms with E-state index in [1.165, 1.54) is 38.2 Å². The predicted octanol–water partition coefficient (Wildman–Crippen LogP) is 11.9. The van der Waals surface area contributed by atoms with E-state index in [1.807, 2.05) is 18.2 Å². The molecular weight excluding hydrogens is 528 g/mol. The van der Waals surface area contributed by atoms with Gasteiger partial charge in [0.1, 0.15) is 27.9 Å². The number of benzene rings is 7. The van der Waals surface area contributed by atoms with Crippen molar-refractivity contribution < 1.29 is 13.3 Å². The lowest BCUT2D eigenvalue weighted by Gasteiger charge is -2.17. The Balaban J connectivity index is 1.26. The van der Waals surface area contributed by atoms with E-state index in [4.69, 9.17) is 13.3 Å². The van der Waals surface area contributed by atoms with Crippen LogP contribution in [0.4, 0.5) is 0 Å². The maximum absolute atomic E-state index is 6.43. The zero-order valence-electron chi connectivity index (χ0n) is 22.9. The van der Waals surface area contributed by atoms with Crippen LogP contribution in [0.15, 0.2) is 147 Å². The van der Waals surface area contributed by atoms with Gasteiger partial charge in [0.05, 0.1) is 6.26 Å². The minimum absolute atomic E-state index is 0.869. The molecule has 0 bridgehead atoms. The highest BCUT2D eigenvalue weighted by atomic mass is 16.3. The minimum atomic E-state index is 0.869. The number of hydrogen-bond acceptors (Lipinski definition) is 3. The fourth-order valence-corrected chi connectivity index (χ4v) is 7.02. The summed E-state index contributed by atoms with van der Waals surface area (Å²) < 4.78 is 18.3. The van der Waals surface area contributed by atoms with Gasteiger partial charge in [0.15, 0.2) is 0 Å². The van der Waals surface area contributed by atoms with E-state index in [-0.39, 0.29) is 0 Å². The van der Waals surface area contributed by atoms with Gasteiger partial charge in [0.25, 0.3) is 0 Å². The average molecular weight is 551 g/mol. The second kappa shape index (κ2) is 8.37. The van der Waals surface area contributed by atoms with Crippen LogP contribution in [0.25, 0.3) is 98.6 Å². The second-order valence-electron chi connectivity index (χ2n) is 11.3. The van der Waals surface area contributed by atoms with Gasteiger partial charge in [-0.05, 0) is 92.3 Å². The molecule has 0 saturated heterocycles. The van der Waals surface area contributed by atoms with E-state index in [1.54, 1.807) is 6.26 Å². The minimum Gasteiger partial charge on any atom is -0.464 e. The van der Waals surface area contributed by atoms with Crippen molar-refractivity contribution in [2.75, 3.05) is 0 Å². The normalized spacial score (nSPS) is 12.2. The molecule has 0 aliphatic rings. The molecule has 3 aromatic heterocycles. The van der Waals surface area contributed by atoms with Crippen LogP contribution in [-0.2, 0) is 0 Å². The van der Waals surface area contributed by atoms with E-state index in [2.05, 4.69) is 109 Å². The Labute approximate surface area is 245 Å². The van der Waals surface area contributed by atoms with Crippen LogP contribution in [-0.4, -0.2) is 0 Å². The molecule has 10 aromatic rings. The highest BCUT2D eigenvalue weighted by molar-refractivity contribution is 6.23. The van der Waals surface area contributed by atoms with E-state index in [9.17, 15) is 0 Å². The number of para-hydroxylation sites is 1. The Morgan fingerprint density at radius 3 is 1.60 bits per heavy atom.